The summed E-state index contributed by atoms with van der Waals surface area (Å²) in [6.07, 6.45) is 0. The predicted molar refractivity (Wildman–Crippen MR) is 60.9 cm³/mol. The van der Waals surface area contributed by atoms with Crippen LogP contribution in [0.2, 0.25) is 0 Å². The Hall–Kier alpha value is -1.54. The van der Waals surface area contributed by atoms with E-state index in [0.717, 1.165) is 15.7 Å². The van der Waals surface area contributed by atoms with Gasteiger partial charge in [0.2, 0.25) is 9.73 Å². The summed E-state index contributed by atoms with van der Waals surface area (Å²) in [7, 11) is 1.80. The van der Waals surface area contributed by atoms with Crippen LogP contribution in [0, 0.1) is 11.7 Å². The predicted octanol–water partition coefficient (Wildman–Crippen LogP) is 1.82. The first-order valence-corrected chi connectivity index (χ1v) is 5.74. The zero-order chi connectivity index (χ0) is 11.3. The Morgan fingerprint density at radius 1 is 1.44 bits per heavy atom. The third kappa shape index (κ3) is 1.30. The van der Waals surface area contributed by atoms with E-state index in [1.165, 1.54) is 11.3 Å². The fourth-order valence-corrected chi connectivity index (χ4v) is 2.45. The molecule has 0 bridgehead atoms. The van der Waals surface area contributed by atoms with Crippen molar-refractivity contribution in [3.05, 3.63) is 16.6 Å². The summed E-state index contributed by atoms with van der Waals surface area (Å²) in [4.78, 5) is 0.753. The summed E-state index contributed by atoms with van der Waals surface area (Å²) in [6.45, 7) is 1.84. The molecular weight excluding hydrogens is 246 g/mol. The lowest BCUT2D eigenvalue weighted by molar-refractivity contribution is 0.399. The molecule has 0 amide bonds. The molecule has 0 aliphatic heterocycles. The highest BCUT2D eigenvalue weighted by atomic mass is 32.1. The van der Waals surface area contributed by atoms with E-state index < -0.39 is 0 Å². The van der Waals surface area contributed by atoms with Crippen LogP contribution in [0.5, 0.6) is 0 Å². The first kappa shape index (κ1) is 9.67. The standard InChI is InChI=1S/C8H7N5OS2/c1-4-3-5(11-14-4)6-9-13-7(16-6)10-12(2)8(13)15/h3H,1-2H3. The number of nitrogens with zero attached hydrogens (tertiary/aromatic N) is 5. The molecule has 16 heavy (non-hydrogen) atoms. The maximum Gasteiger partial charge on any atom is 0.233 e. The van der Waals surface area contributed by atoms with Gasteiger partial charge in [0, 0.05) is 13.1 Å². The maximum absolute atomic E-state index is 5.16. The van der Waals surface area contributed by atoms with Crippen LogP contribution in [0.4, 0.5) is 0 Å². The molecule has 0 atom stereocenters. The number of rotatable bonds is 1. The van der Waals surface area contributed by atoms with Crippen LogP contribution >= 0.6 is 23.6 Å². The van der Waals surface area contributed by atoms with Gasteiger partial charge in [-0.1, -0.05) is 16.5 Å². The summed E-state index contributed by atoms with van der Waals surface area (Å²) >= 11 is 6.59. The van der Waals surface area contributed by atoms with Crippen LogP contribution < -0.4 is 0 Å². The van der Waals surface area contributed by atoms with Gasteiger partial charge < -0.3 is 4.52 Å². The van der Waals surface area contributed by atoms with Gasteiger partial charge in [-0.25, -0.2) is 4.68 Å². The van der Waals surface area contributed by atoms with E-state index in [-0.39, 0.29) is 0 Å². The van der Waals surface area contributed by atoms with E-state index >= 15 is 0 Å². The average molecular weight is 253 g/mol. The van der Waals surface area contributed by atoms with Gasteiger partial charge in [-0.05, 0) is 19.1 Å². The van der Waals surface area contributed by atoms with E-state index in [2.05, 4.69) is 15.4 Å². The second-order valence-electron chi connectivity index (χ2n) is 3.33. The van der Waals surface area contributed by atoms with Gasteiger partial charge in [0.15, 0.2) is 5.01 Å². The first-order valence-electron chi connectivity index (χ1n) is 4.52. The van der Waals surface area contributed by atoms with Crippen molar-refractivity contribution in [3.63, 3.8) is 0 Å². The van der Waals surface area contributed by atoms with Crippen molar-refractivity contribution < 1.29 is 4.52 Å². The molecule has 0 fully saturated rings. The van der Waals surface area contributed by atoms with Gasteiger partial charge in [-0.3, -0.25) is 0 Å². The zero-order valence-electron chi connectivity index (χ0n) is 8.54. The Kier molecular flexibility index (Phi) is 1.95. The second-order valence-corrected chi connectivity index (χ2v) is 4.65. The average Bonchev–Trinajstić information content (AvgIpc) is 2.87. The van der Waals surface area contributed by atoms with Crippen LogP contribution in [-0.4, -0.2) is 24.6 Å². The molecule has 0 radical (unpaired) electrons. The largest absolute Gasteiger partial charge is 0.361 e. The molecule has 0 saturated carbocycles. The van der Waals surface area contributed by atoms with Crippen molar-refractivity contribution >= 4 is 28.5 Å². The van der Waals surface area contributed by atoms with Crippen LogP contribution in [0.3, 0.4) is 0 Å². The summed E-state index contributed by atoms with van der Waals surface area (Å²) in [6, 6.07) is 1.83. The van der Waals surface area contributed by atoms with E-state index in [4.69, 9.17) is 16.7 Å². The van der Waals surface area contributed by atoms with E-state index in [0.29, 0.717) is 10.5 Å². The molecule has 0 aliphatic rings. The third-order valence-electron chi connectivity index (χ3n) is 2.10. The van der Waals surface area contributed by atoms with Crippen molar-refractivity contribution in [2.75, 3.05) is 0 Å². The second kappa shape index (κ2) is 3.22. The lowest BCUT2D eigenvalue weighted by Crippen LogP contribution is -1.92. The molecule has 0 aliphatic carbocycles. The van der Waals surface area contributed by atoms with Crippen LogP contribution in [0.15, 0.2) is 10.6 Å². The Balaban J connectivity index is 2.23. The molecule has 3 aromatic heterocycles. The Bertz CT molecular complexity index is 718. The topological polar surface area (TPSA) is 61.2 Å². The molecule has 0 unspecified atom stereocenters. The minimum atomic E-state index is 0.567. The molecule has 3 rings (SSSR count). The molecular formula is C8H7N5OS2. The number of fused-ring (bicyclic) bond motifs is 1. The Labute approximate surface area is 99.1 Å². The lowest BCUT2D eigenvalue weighted by atomic mass is 10.4. The van der Waals surface area contributed by atoms with E-state index in [1.54, 1.807) is 16.2 Å². The SMILES string of the molecule is Cc1cc(-c2nn3c(=S)n(C)nc3s2)no1. The minimum Gasteiger partial charge on any atom is -0.361 e. The number of hydrogen-bond donors (Lipinski definition) is 0. The fourth-order valence-electron chi connectivity index (χ4n) is 1.35. The lowest BCUT2D eigenvalue weighted by Gasteiger charge is -1.84. The van der Waals surface area contributed by atoms with Gasteiger partial charge in [-0.15, -0.1) is 10.2 Å². The number of aryl methyl sites for hydroxylation is 2. The first-order chi connectivity index (χ1) is 7.65. The Morgan fingerprint density at radius 2 is 2.25 bits per heavy atom. The fraction of sp³-hybridized carbons (Fsp3) is 0.250. The summed E-state index contributed by atoms with van der Waals surface area (Å²) < 4.78 is 8.81. The molecule has 3 aromatic rings. The number of aromatic nitrogens is 5. The smallest absolute Gasteiger partial charge is 0.233 e. The monoisotopic (exact) mass is 253 g/mol. The highest BCUT2D eigenvalue weighted by Crippen LogP contribution is 2.24. The molecule has 0 aromatic carbocycles. The quantitative estimate of drug-likeness (QED) is 0.619. The van der Waals surface area contributed by atoms with Gasteiger partial charge in [-0.2, -0.15) is 4.52 Å². The summed E-state index contributed by atoms with van der Waals surface area (Å²) in [5.41, 5.74) is 0.713. The molecule has 3 heterocycles. The van der Waals surface area contributed by atoms with Crippen molar-refractivity contribution in [2.24, 2.45) is 7.05 Å². The zero-order valence-corrected chi connectivity index (χ0v) is 10.2. The van der Waals surface area contributed by atoms with E-state index in [1.807, 2.05) is 13.0 Å². The molecule has 82 valence electrons. The highest BCUT2D eigenvalue weighted by molar-refractivity contribution is 7.71. The molecule has 0 N–H and O–H groups in total. The minimum absolute atomic E-state index is 0.567. The van der Waals surface area contributed by atoms with Gasteiger partial charge in [0.1, 0.15) is 11.5 Å². The molecule has 0 saturated heterocycles. The van der Waals surface area contributed by atoms with Crippen molar-refractivity contribution in [1.82, 2.24) is 24.6 Å². The van der Waals surface area contributed by atoms with Crippen molar-refractivity contribution in [1.29, 1.82) is 0 Å². The van der Waals surface area contributed by atoms with Gasteiger partial charge >= 0.3 is 0 Å². The van der Waals surface area contributed by atoms with Gasteiger partial charge in [0.25, 0.3) is 0 Å². The molecule has 6 nitrogen and oxygen atoms in total. The van der Waals surface area contributed by atoms with Crippen LogP contribution in [0.1, 0.15) is 5.76 Å². The van der Waals surface area contributed by atoms with Crippen molar-refractivity contribution in [2.45, 2.75) is 6.92 Å². The highest BCUT2D eigenvalue weighted by Gasteiger charge is 2.13. The maximum atomic E-state index is 5.16. The third-order valence-corrected chi connectivity index (χ3v) is 3.46. The summed E-state index contributed by atoms with van der Waals surface area (Å²) in [5.74, 6) is 0.756. The van der Waals surface area contributed by atoms with Crippen LogP contribution in [0.25, 0.3) is 15.7 Å². The molecule has 8 heteroatoms. The summed E-state index contributed by atoms with van der Waals surface area (Å²) in [5, 5.41) is 13.2. The number of hydrogen-bond acceptors (Lipinski definition) is 6. The Morgan fingerprint density at radius 3 is 2.88 bits per heavy atom. The molecule has 0 spiro atoms. The van der Waals surface area contributed by atoms with E-state index in [9.17, 15) is 0 Å². The van der Waals surface area contributed by atoms with Gasteiger partial charge in [0.05, 0.1) is 0 Å². The normalized spacial score (nSPS) is 11.4. The van der Waals surface area contributed by atoms with Crippen molar-refractivity contribution in [3.8, 4) is 10.7 Å². The van der Waals surface area contributed by atoms with Crippen LogP contribution in [-0.2, 0) is 7.05 Å².